The summed E-state index contributed by atoms with van der Waals surface area (Å²) in [5.74, 6) is -0.534. The van der Waals surface area contributed by atoms with Crippen molar-refractivity contribution in [2.24, 2.45) is 17.8 Å². The lowest BCUT2D eigenvalue weighted by Gasteiger charge is -2.33. The summed E-state index contributed by atoms with van der Waals surface area (Å²) in [7, 11) is 0. The minimum absolute atomic E-state index is 0.00246. The van der Waals surface area contributed by atoms with E-state index < -0.39 is 25.2 Å². The van der Waals surface area contributed by atoms with Crippen LogP contribution in [-0.2, 0) is 31.9 Å². The lowest BCUT2D eigenvalue weighted by atomic mass is 9.74. The Hall–Kier alpha value is -2.44. The van der Waals surface area contributed by atoms with Gasteiger partial charge >= 0.3 is 11.9 Å². The van der Waals surface area contributed by atoms with Crippen LogP contribution in [0.3, 0.4) is 0 Å². The molecule has 0 saturated heterocycles. The van der Waals surface area contributed by atoms with Crippen LogP contribution in [0.4, 0.5) is 0 Å². The quantitative estimate of drug-likeness (QED) is 0.177. The van der Waals surface area contributed by atoms with Crippen molar-refractivity contribution < 1.29 is 29.3 Å². The summed E-state index contributed by atoms with van der Waals surface area (Å²) in [4.78, 5) is 24.0. The number of aliphatic hydroxyl groups excluding tert-OH is 2. The van der Waals surface area contributed by atoms with E-state index in [-0.39, 0.29) is 36.2 Å². The number of esters is 2. The molecule has 2 rings (SSSR count). The van der Waals surface area contributed by atoms with Crippen LogP contribution in [0.5, 0.6) is 0 Å². The van der Waals surface area contributed by atoms with Crippen molar-refractivity contribution in [3.05, 3.63) is 59.2 Å². The first kappa shape index (κ1) is 30.8. The summed E-state index contributed by atoms with van der Waals surface area (Å²) in [6.45, 7) is 10.7. The van der Waals surface area contributed by atoms with Gasteiger partial charge < -0.3 is 19.7 Å². The van der Waals surface area contributed by atoms with E-state index in [2.05, 4.69) is 45.2 Å². The number of hydrogen-bond acceptors (Lipinski definition) is 6. The summed E-state index contributed by atoms with van der Waals surface area (Å²) in [6.07, 6.45) is 11.3. The number of carbonyl (C=O) groups is 2. The molecule has 0 aromatic heterocycles. The largest absolute Gasteiger partial charge is 0.462 e. The predicted molar refractivity (Wildman–Crippen MR) is 146 cm³/mol. The normalized spacial score (nSPS) is 17.4. The molecule has 1 saturated carbocycles. The summed E-state index contributed by atoms with van der Waals surface area (Å²) < 4.78 is 10.7. The van der Waals surface area contributed by atoms with Gasteiger partial charge in [-0.25, -0.2) is 9.59 Å². The van der Waals surface area contributed by atoms with Crippen LogP contribution in [0.1, 0.15) is 75.0 Å². The van der Waals surface area contributed by atoms with Gasteiger partial charge in [0.1, 0.15) is 0 Å². The highest BCUT2D eigenvalue weighted by Gasteiger charge is 2.30. The Morgan fingerprint density at radius 2 is 1.54 bits per heavy atom. The molecule has 6 heteroatoms. The van der Waals surface area contributed by atoms with Crippen LogP contribution in [0.25, 0.3) is 0 Å². The van der Waals surface area contributed by atoms with Gasteiger partial charge in [-0.05, 0) is 74.0 Å². The SMILES string of the molecule is C=C(CO)C(=O)OCC(COC(=O)C(=C)CO)C1CCC(CCc2ccc(CCCCC)c(C)c2)CC1. The Labute approximate surface area is 222 Å². The monoisotopic (exact) mass is 514 g/mol. The Morgan fingerprint density at radius 1 is 0.946 bits per heavy atom. The molecule has 0 amide bonds. The number of hydrogen-bond donors (Lipinski definition) is 2. The third-order valence-corrected chi connectivity index (χ3v) is 7.67. The van der Waals surface area contributed by atoms with Gasteiger partial charge in [0.15, 0.2) is 0 Å². The summed E-state index contributed by atoms with van der Waals surface area (Å²) in [5.41, 5.74) is 4.27. The van der Waals surface area contributed by atoms with Crippen molar-refractivity contribution in [1.29, 1.82) is 0 Å². The molecule has 1 aliphatic rings. The lowest BCUT2D eigenvalue weighted by molar-refractivity contribution is -0.146. The van der Waals surface area contributed by atoms with E-state index in [4.69, 9.17) is 19.7 Å². The first-order valence-electron chi connectivity index (χ1n) is 13.8. The van der Waals surface area contributed by atoms with E-state index in [9.17, 15) is 9.59 Å². The molecule has 1 aromatic rings. The van der Waals surface area contributed by atoms with Crippen LogP contribution in [0.15, 0.2) is 42.5 Å². The first-order chi connectivity index (χ1) is 17.8. The van der Waals surface area contributed by atoms with Crippen molar-refractivity contribution in [3.8, 4) is 0 Å². The number of aryl methyl sites for hydroxylation is 3. The second-order valence-corrected chi connectivity index (χ2v) is 10.5. The average Bonchev–Trinajstić information content (AvgIpc) is 2.92. The van der Waals surface area contributed by atoms with Gasteiger partial charge in [-0.3, -0.25) is 0 Å². The molecule has 1 fully saturated rings. The fraction of sp³-hybridized carbons (Fsp3) is 0.613. The van der Waals surface area contributed by atoms with E-state index in [1.807, 2.05) is 0 Å². The summed E-state index contributed by atoms with van der Waals surface area (Å²) in [5, 5.41) is 18.2. The Morgan fingerprint density at radius 3 is 2.05 bits per heavy atom. The molecule has 0 aliphatic heterocycles. The van der Waals surface area contributed by atoms with Gasteiger partial charge in [0.2, 0.25) is 0 Å². The summed E-state index contributed by atoms with van der Waals surface area (Å²) >= 11 is 0. The number of aliphatic hydroxyl groups is 2. The highest BCUT2D eigenvalue weighted by atomic mass is 16.5. The maximum absolute atomic E-state index is 12.0. The third-order valence-electron chi connectivity index (χ3n) is 7.67. The Kier molecular flexibility index (Phi) is 13.7. The molecule has 0 atom stereocenters. The first-order valence-corrected chi connectivity index (χ1v) is 13.8. The van der Waals surface area contributed by atoms with Crippen LogP contribution in [-0.4, -0.2) is 48.6 Å². The van der Waals surface area contributed by atoms with Gasteiger partial charge in [0.05, 0.1) is 37.6 Å². The van der Waals surface area contributed by atoms with Crippen molar-refractivity contribution in [1.82, 2.24) is 0 Å². The zero-order valence-corrected chi connectivity index (χ0v) is 22.8. The maximum Gasteiger partial charge on any atom is 0.335 e. The second kappa shape index (κ2) is 16.4. The van der Waals surface area contributed by atoms with Gasteiger partial charge in [-0.2, -0.15) is 0 Å². The fourth-order valence-corrected chi connectivity index (χ4v) is 5.10. The molecule has 6 nitrogen and oxygen atoms in total. The van der Waals surface area contributed by atoms with E-state index in [0.717, 1.165) is 44.9 Å². The van der Waals surface area contributed by atoms with Crippen molar-refractivity contribution in [3.63, 3.8) is 0 Å². The molecule has 0 radical (unpaired) electrons. The van der Waals surface area contributed by atoms with Gasteiger partial charge in [-0.1, -0.05) is 64.0 Å². The zero-order chi connectivity index (χ0) is 27.2. The molecule has 0 unspecified atom stereocenters. The van der Waals surface area contributed by atoms with Crippen molar-refractivity contribution >= 4 is 11.9 Å². The van der Waals surface area contributed by atoms with E-state index in [1.165, 1.54) is 36.0 Å². The number of rotatable bonds is 16. The lowest BCUT2D eigenvalue weighted by Crippen LogP contribution is -2.31. The molecule has 1 aromatic carbocycles. The molecule has 206 valence electrons. The molecular formula is C31H46O6. The fourth-order valence-electron chi connectivity index (χ4n) is 5.10. The highest BCUT2D eigenvalue weighted by Crippen LogP contribution is 2.36. The number of benzene rings is 1. The van der Waals surface area contributed by atoms with Gasteiger partial charge in [0.25, 0.3) is 0 Å². The van der Waals surface area contributed by atoms with Crippen LogP contribution in [0.2, 0.25) is 0 Å². The highest BCUT2D eigenvalue weighted by molar-refractivity contribution is 5.88. The Bertz CT molecular complexity index is 865. The maximum atomic E-state index is 12.0. The molecule has 2 N–H and O–H groups in total. The third kappa shape index (κ3) is 10.4. The smallest absolute Gasteiger partial charge is 0.335 e. The molecular weight excluding hydrogens is 468 g/mol. The molecule has 37 heavy (non-hydrogen) atoms. The van der Waals surface area contributed by atoms with Gasteiger partial charge in [0, 0.05) is 5.92 Å². The van der Waals surface area contributed by atoms with E-state index >= 15 is 0 Å². The van der Waals surface area contributed by atoms with E-state index in [1.54, 1.807) is 0 Å². The summed E-state index contributed by atoms with van der Waals surface area (Å²) in [6, 6.07) is 6.95. The molecule has 0 heterocycles. The average molecular weight is 515 g/mol. The molecule has 0 bridgehead atoms. The van der Waals surface area contributed by atoms with E-state index in [0.29, 0.717) is 5.92 Å². The molecule has 1 aliphatic carbocycles. The van der Waals surface area contributed by atoms with Crippen LogP contribution in [0, 0.1) is 24.7 Å². The van der Waals surface area contributed by atoms with Crippen LogP contribution >= 0.6 is 0 Å². The van der Waals surface area contributed by atoms with Crippen molar-refractivity contribution in [2.75, 3.05) is 26.4 Å². The van der Waals surface area contributed by atoms with Crippen molar-refractivity contribution in [2.45, 2.75) is 78.1 Å². The minimum Gasteiger partial charge on any atom is -0.462 e. The Balaban J connectivity index is 1.87. The topological polar surface area (TPSA) is 93.1 Å². The zero-order valence-electron chi connectivity index (χ0n) is 22.8. The number of ether oxygens (including phenoxy) is 2. The standard InChI is InChI=1S/C31H46O6/c1-5-6-7-8-27-14-13-26(17-22(27)2)10-9-25-11-15-28(16-12-25)29(20-36-30(34)23(3)18-32)21-37-31(35)24(4)19-33/h13-14,17,25,28-29,32-33H,3-12,15-16,18-21H2,1-2H3. The number of unbranched alkanes of at least 4 members (excludes halogenated alkanes) is 2. The second-order valence-electron chi connectivity index (χ2n) is 10.5. The van der Waals surface area contributed by atoms with Crippen LogP contribution < -0.4 is 0 Å². The van der Waals surface area contributed by atoms with Gasteiger partial charge in [-0.15, -0.1) is 0 Å². The minimum atomic E-state index is -0.640. The molecule has 0 spiro atoms. The number of carbonyl (C=O) groups excluding carboxylic acids is 2. The predicted octanol–water partition coefficient (Wildman–Crippen LogP) is 5.27.